The highest BCUT2D eigenvalue weighted by molar-refractivity contribution is 7.89. The van der Waals surface area contributed by atoms with Crippen molar-refractivity contribution in [3.8, 4) is 0 Å². The Balaban J connectivity index is 1.26. The maximum atomic E-state index is 13.1. The van der Waals surface area contributed by atoms with E-state index in [4.69, 9.17) is 9.97 Å². The van der Waals surface area contributed by atoms with Crippen molar-refractivity contribution < 1.29 is 12.8 Å². The molecule has 0 unspecified atom stereocenters. The van der Waals surface area contributed by atoms with E-state index in [-0.39, 0.29) is 4.90 Å². The van der Waals surface area contributed by atoms with Gasteiger partial charge in [0.15, 0.2) is 0 Å². The van der Waals surface area contributed by atoms with Gasteiger partial charge < -0.3 is 15.5 Å². The lowest BCUT2D eigenvalue weighted by Gasteiger charge is -2.28. The van der Waals surface area contributed by atoms with E-state index < -0.39 is 15.8 Å². The number of para-hydroxylation sites is 1. The van der Waals surface area contributed by atoms with Crippen molar-refractivity contribution in [1.82, 2.24) is 19.6 Å². The Morgan fingerprint density at radius 3 is 2.30 bits per heavy atom. The van der Waals surface area contributed by atoms with E-state index in [9.17, 15) is 12.8 Å². The maximum absolute atomic E-state index is 13.1. The fourth-order valence-corrected chi connectivity index (χ4v) is 5.81. The fraction of sp³-hybridized carbons (Fsp3) is 0.481. The van der Waals surface area contributed by atoms with Crippen LogP contribution in [-0.4, -0.2) is 63.6 Å². The van der Waals surface area contributed by atoms with Crippen LogP contribution in [0.1, 0.15) is 32.1 Å². The van der Waals surface area contributed by atoms with E-state index in [2.05, 4.69) is 34.4 Å². The minimum absolute atomic E-state index is 0.0914. The topological polar surface area (TPSA) is 99.2 Å². The van der Waals surface area contributed by atoms with Crippen molar-refractivity contribution in [1.29, 1.82) is 0 Å². The van der Waals surface area contributed by atoms with Crippen LogP contribution in [0.5, 0.6) is 0 Å². The Morgan fingerprint density at radius 1 is 0.919 bits per heavy atom. The molecule has 0 atom stereocenters. The molecule has 0 aliphatic heterocycles. The summed E-state index contributed by atoms with van der Waals surface area (Å²) in [6, 6.07) is 12.9. The molecule has 10 heteroatoms. The molecule has 0 amide bonds. The summed E-state index contributed by atoms with van der Waals surface area (Å²) in [5.41, 5.74) is 0.909. The molecule has 0 radical (unpaired) electrons. The van der Waals surface area contributed by atoms with Crippen molar-refractivity contribution in [3.05, 3.63) is 54.3 Å². The molecule has 4 rings (SSSR count). The van der Waals surface area contributed by atoms with Gasteiger partial charge in [-0.1, -0.05) is 12.1 Å². The first kappa shape index (κ1) is 27.2. The first-order valence-electron chi connectivity index (χ1n) is 12.9. The summed E-state index contributed by atoms with van der Waals surface area (Å²) in [4.78, 5) is 11.7. The average Bonchev–Trinajstić information content (AvgIpc) is 2.89. The number of sulfonamides is 1. The number of fused-ring (bicyclic) bond motifs is 1. The summed E-state index contributed by atoms with van der Waals surface area (Å²) in [6.07, 6.45) is 4.96. The summed E-state index contributed by atoms with van der Waals surface area (Å²) in [7, 11) is 0.518. The van der Waals surface area contributed by atoms with Crippen molar-refractivity contribution in [2.45, 2.75) is 37.0 Å². The van der Waals surface area contributed by atoms with Gasteiger partial charge in [0.1, 0.15) is 11.6 Å². The number of halogens is 1. The summed E-state index contributed by atoms with van der Waals surface area (Å²) >= 11 is 0. The molecule has 1 aliphatic rings. The zero-order valence-corrected chi connectivity index (χ0v) is 22.4. The largest absolute Gasteiger partial charge is 0.369 e. The second-order valence-corrected chi connectivity index (χ2v) is 11.8. The smallest absolute Gasteiger partial charge is 0.240 e. The Hall–Kier alpha value is -2.82. The SMILES string of the molecule is CN(C)CCCNc1nc(NCC2CCC(CNS(=O)(=O)c3ccc(F)cc3)CC2)nc2ccccc12. The van der Waals surface area contributed by atoms with Crippen LogP contribution in [0.15, 0.2) is 53.4 Å². The molecule has 200 valence electrons. The van der Waals surface area contributed by atoms with Gasteiger partial charge in [0.2, 0.25) is 16.0 Å². The molecule has 1 heterocycles. The number of rotatable bonds is 12. The lowest BCUT2D eigenvalue weighted by molar-refractivity contribution is 0.284. The zero-order chi connectivity index (χ0) is 26.3. The highest BCUT2D eigenvalue weighted by Gasteiger charge is 2.23. The Kier molecular flexibility index (Phi) is 9.28. The van der Waals surface area contributed by atoms with Gasteiger partial charge in [-0.3, -0.25) is 0 Å². The van der Waals surface area contributed by atoms with Crippen LogP contribution in [0.4, 0.5) is 16.2 Å². The molecule has 0 bridgehead atoms. The zero-order valence-electron chi connectivity index (χ0n) is 21.6. The standard InChI is InChI=1S/C27H37FN6O2S/c1-34(2)17-5-16-29-26-24-6-3-4-7-25(24)32-27(33-26)30-18-20-8-10-21(11-9-20)19-31-37(35,36)23-14-12-22(28)13-15-23/h3-4,6-7,12-15,20-21,31H,5,8-11,16-19H2,1-2H3,(H2,29,30,32,33). The second kappa shape index (κ2) is 12.6. The Labute approximate surface area is 219 Å². The number of hydrogen-bond acceptors (Lipinski definition) is 7. The second-order valence-electron chi connectivity index (χ2n) is 10.1. The van der Waals surface area contributed by atoms with Crippen molar-refractivity contribution in [2.75, 3.05) is 50.9 Å². The average molecular weight is 529 g/mol. The first-order valence-corrected chi connectivity index (χ1v) is 14.4. The lowest BCUT2D eigenvalue weighted by Crippen LogP contribution is -2.32. The van der Waals surface area contributed by atoms with E-state index in [0.29, 0.717) is 24.3 Å². The van der Waals surface area contributed by atoms with E-state index in [1.54, 1.807) is 0 Å². The number of benzene rings is 2. The number of nitrogens with zero attached hydrogens (tertiary/aromatic N) is 3. The molecular formula is C27H37FN6O2S. The van der Waals surface area contributed by atoms with E-state index >= 15 is 0 Å². The maximum Gasteiger partial charge on any atom is 0.240 e. The molecule has 3 aromatic rings. The van der Waals surface area contributed by atoms with E-state index in [0.717, 1.165) is 80.6 Å². The van der Waals surface area contributed by atoms with Crippen molar-refractivity contribution in [3.63, 3.8) is 0 Å². The molecule has 37 heavy (non-hydrogen) atoms. The van der Waals surface area contributed by atoms with Gasteiger partial charge >= 0.3 is 0 Å². The summed E-state index contributed by atoms with van der Waals surface area (Å²) in [5, 5.41) is 7.93. The lowest BCUT2D eigenvalue weighted by atomic mass is 9.82. The van der Waals surface area contributed by atoms with Crippen molar-refractivity contribution >= 4 is 32.7 Å². The Bertz CT molecular complexity index is 1260. The minimum Gasteiger partial charge on any atom is -0.369 e. The molecule has 0 saturated heterocycles. The van der Waals surface area contributed by atoms with Gasteiger partial charge in [0.05, 0.1) is 10.4 Å². The quantitative estimate of drug-likeness (QED) is 0.301. The third kappa shape index (κ3) is 7.83. The van der Waals surface area contributed by atoms with Gasteiger partial charge in [0, 0.05) is 25.0 Å². The highest BCUT2D eigenvalue weighted by atomic mass is 32.2. The Morgan fingerprint density at radius 2 is 1.59 bits per heavy atom. The van der Waals surface area contributed by atoms with Gasteiger partial charge in [-0.25, -0.2) is 22.5 Å². The van der Waals surface area contributed by atoms with Crippen molar-refractivity contribution in [2.24, 2.45) is 11.8 Å². The molecular weight excluding hydrogens is 491 g/mol. The van der Waals surface area contributed by atoms with Gasteiger partial charge in [-0.2, -0.15) is 4.98 Å². The monoisotopic (exact) mass is 528 g/mol. The molecule has 1 aromatic heterocycles. The summed E-state index contributed by atoms with van der Waals surface area (Å²) < 4.78 is 40.8. The predicted octanol–water partition coefficient (Wildman–Crippen LogP) is 4.33. The van der Waals surface area contributed by atoms with Crippen LogP contribution in [0.3, 0.4) is 0 Å². The van der Waals surface area contributed by atoms with Crippen LogP contribution in [0.25, 0.3) is 10.9 Å². The fourth-order valence-electron chi connectivity index (χ4n) is 4.69. The minimum atomic E-state index is -3.63. The molecule has 1 aliphatic carbocycles. The normalized spacial score (nSPS) is 18.3. The number of aromatic nitrogens is 2. The summed E-state index contributed by atoms with van der Waals surface area (Å²) in [5.74, 6) is 1.80. The van der Waals surface area contributed by atoms with Crippen LogP contribution in [0, 0.1) is 17.7 Å². The summed E-state index contributed by atoms with van der Waals surface area (Å²) in [6.45, 7) is 3.04. The van der Waals surface area contributed by atoms with Crippen LogP contribution in [0.2, 0.25) is 0 Å². The first-order chi connectivity index (χ1) is 17.8. The van der Waals surface area contributed by atoms with Gasteiger partial charge in [-0.15, -0.1) is 0 Å². The van der Waals surface area contributed by atoms with E-state index in [1.807, 2.05) is 24.3 Å². The molecule has 0 spiro atoms. The number of hydrogen-bond donors (Lipinski definition) is 3. The van der Waals surface area contributed by atoms with Gasteiger partial charge in [0.25, 0.3) is 0 Å². The third-order valence-corrected chi connectivity index (χ3v) is 8.32. The third-order valence-electron chi connectivity index (χ3n) is 6.88. The molecule has 1 fully saturated rings. The predicted molar refractivity (Wildman–Crippen MR) is 147 cm³/mol. The molecule has 1 saturated carbocycles. The molecule has 3 N–H and O–H groups in total. The van der Waals surface area contributed by atoms with Gasteiger partial charge in [-0.05, 0) is 101 Å². The highest BCUT2D eigenvalue weighted by Crippen LogP contribution is 2.29. The number of nitrogens with one attached hydrogen (secondary N) is 3. The number of anilines is 2. The van der Waals surface area contributed by atoms with E-state index in [1.165, 1.54) is 12.1 Å². The molecule has 8 nitrogen and oxygen atoms in total. The van der Waals surface area contributed by atoms with Crippen LogP contribution < -0.4 is 15.4 Å². The molecule has 2 aromatic carbocycles. The van der Waals surface area contributed by atoms with Crippen LogP contribution in [-0.2, 0) is 10.0 Å². The van der Waals surface area contributed by atoms with Crippen LogP contribution >= 0.6 is 0 Å².